The summed E-state index contributed by atoms with van der Waals surface area (Å²) in [5, 5.41) is 18.7. The number of carboxylic acids is 2. The molecule has 2 N–H and O–H groups in total. The van der Waals surface area contributed by atoms with E-state index in [0.29, 0.717) is 11.1 Å². The largest absolute Gasteiger partial charge is 0.481 e. The summed E-state index contributed by atoms with van der Waals surface area (Å²) in [6.07, 6.45) is -0.0315. The Hall–Kier alpha value is -2.44. The molecule has 0 unspecified atom stereocenters. The van der Waals surface area contributed by atoms with E-state index < -0.39 is 28.6 Å². The van der Waals surface area contributed by atoms with Crippen molar-refractivity contribution >= 4 is 17.8 Å². The molecule has 1 aromatic rings. The first-order chi connectivity index (χ1) is 10.7. The Labute approximate surface area is 131 Å². The second kappa shape index (κ2) is 4.78. The smallest absolute Gasteiger partial charge is 0.312 e. The predicted molar refractivity (Wildman–Crippen MR) is 76.2 cm³/mol. The van der Waals surface area contributed by atoms with Crippen molar-refractivity contribution in [1.29, 1.82) is 0 Å². The van der Waals surface area contributed by atoms with Crippen molar-refractivity contribution in [2.24, 2.45) is 10.8 Å². The van der Waals surface area contributed by atoms with Gasteiger partial charge in [-0.1, -0.05) is 12.1 Å². The summed E-state index contributed by atoms with van der Waals surface area (Å²) >= 11 is 0. The monoisotopic (exact) mass is 321 g/mol. The maximum Gasteiger partial charge on any atom is 0.312 e. The number of hydrogen-bond donors (Lipinski definition) is 2. The van der Waals surface area contributed by atoms with Crippen LogP contribution in [0.2, 0.25) is 0 Å². The fourth-order valence-corrected chi connectivity index (χ4v) is 3.50. The Kier molecular flexibility index (Phi) is 3.21. The van der Waals surface area contributed by atoms with Gasteiger partial charge in [-0.25, -0.2) is 4.39 Å². The molecular weight excluding hydrogens is 305 g/mol. The minimum atomic E-state index is -1.38. The van der Waals surface area contributed by atoms with Crippen LogP contribution in [0, 0.1) is 23.6 Å². The molecule has 1 aromatic carbocycles. The lowest BCUT2D eigenvalue weighted by Crippen LogP contribution is -2.35. The molecule has 1 saturated heterocycles. The van der Waals surface area contributed by atoms with Gasteiger partial charge < -0.3 is 15.1 Å². The van der Waals surface area contributed by atoms with Gasteiger partial charge in [-0.15, -0.1) is 0 Å². The van der Waals surface area contributed by atoms with E-state index in [1.54, 1.807) is 19.1 Å². The van der Waals surface area contributed by atoms with Crippen LogP contribution in [0.3, 0.4) is 0 Å². The molecule has 3 rings (SSSR count). The molecule has 1 saturated carbocycles. The lowest BCUT2D eigenvalue weighted by molar-refractivity contribution is -0.151. The van der Waals surface area contributed by atoms with Gasteiger partial charge in [-0.3, -0.25) is 14.4 Å². The summed E-state index contributed by atoms with van der Waals surface area (Å²) in [7, 11) is 0. The summed E-state index contributed by atoms with van der Waals surface area (Å²) < 4.78 is 13.5. The van der Waals surface area contributed by atoms with E-state index in [1.165, 1.54) is 11.0 Å². The second-order valence-electron chi connectivity index (χ2n) is 6.46. The van der Waals surface area contributed by atoms with Gasteiger partial charge in [0.1, 0.15) is 16.6 Å². The zero-order valence-corrected chi connectivity index (χ0v) is 12.5. The highest BCUT2D eigenvalue weighted by Crippen LogP contribution is 2.68. The highest BCUT2D eigenvalue weighted by molar-refractivity contribution is 5.96. The van der Waals surface area contributed by atoms with Gasteiger partial charge in [0, 0.05) is 13.1 Å². The quantitative estimate of drug-likeness (QED) is 0.865. The van der Waals surface area contributed by atoms with Gasteiger partial charge in [-0.2, -0.15) is 0 Å². The second-order valence-corrected chi connectivity index (χ2v) is 6.46. The molecule has 1 aliphatic heterocycles. The van der Waals surface area contributed by atoms with Gasteiger partial charge in [0.25, 0.3) is 0 Å². The van der Waals surface area contributed by atoms with Gasteiger partial charge in [0.2, 0.25) is 5.91 Å². The van der Waals surface area contributed by atoms with Crippen LogP contribution >= 0.6 is 0 Å². The maximum absolute atomic E-state index is 13.5. The third kappa shape index (κ3) is 2.10. The molecule has 2 fully saturated rings. The number of rotatable bonds is 4. The number of likely N-dealkylation sites (tertiary alicyclic amines) is 1. The predicted octanol–water partition coefficient (Wildman–Crippen LogP) is 1.06. The van der Waals surface area contributed by atoms with E-state index in [1.807, 2.05) is 0 Å². The van der Waals surface area contributed by atoms with E-state index in [9.17, 15) is 29.0 Å². The summed E-state index contributed by atoms with van der Waals surface area (Å²) in [6.45, 7) is 1.39. The first kappa shape index (κ1) is 15.5. The van der Waals surface area contributed by atoms with Crippen LogP contribution in [-0.2, 0) is 20.8 Å². The summed E-state index contributed by atoms with van der Waals surface area (Å²) in [5.74, 6) is -3.17. The molecule has 0 spiro atoms. The van der Waals surface area contributed by atoms with Gasteiger partial charge >= 0.3 is 11.9 Å². The third-order valence-electron chi connectivity index (χ3n) is 5.08. The third-order valence-corrected chi connectivity index (χ3v) is 5.08. The standard InChI is InChI=1S/C16H16FNO5/c1-9-2-3-10(4-11(9)17)5-12(19)18-7-15(13(20)21)6-16(15,8-18)14(22)23/h2-4H,5-8H2,1H3,(H,20,21)(H,22,23)/t15-,16+. The van der Waals surface area contributed by atoms with Crippen molar-refractivity contribution in [2.45, 2.75) is 19.8 Å². The molecule has 0 radical (unpaired) electrons. The van der Waals surface area contributed by atoms with Crippen molar-refractivity contribution in [1.82, 2.24) is 4.90 Å². The number of carbonyl (C=O) groups excluding carboxylic acids is 1. The SMILES string of the molecule is Cc1ccc(CC(=O)N2C[C@@]3(C(=O)O)C[C@@]3(C(=O)O)C2)cc1F. The molecule has 0 bridgehead atoms. The lowest BCUT2D eigenvalue weighted by atomic mass is 9.97. The Morgan fingerprint density at radius 2 is 1.74 bits per heavy atom. The van der Waals surface area contributed by atoms with E-state index >= 15 is 0 Å². The zero-order valence-electron chi connectivity index (χ0n) is 12.5. The zero-order chi connectivity index (χ0) is 17.0. The summed E-state index contributed by atoms with van der Waals surface area (Å²) in [5.41, 5.74) is -1.81. The topological polar surface area (TPSA) is 94.9 Å². The molecule has 2 aliphatic rings. The molecule has 6 nitrogen and oxygen atoms in total. The number of piperidine rings is 1. The van der Waals surface area contributed by atoms with Crippen molar-refractivity contribution in [3.05, 3.63) is 35.1 Å². The molecule has 2 atom stereocenters. The molecule has 7 heteroatoms. The number of benzene rings is 1. The number of carboxylic acid groups (broad SMARTS) is 2. The number of hydrogen-bond acceptors (Lipinski definition) is 3. The minimum Gasteiger partial charge on any atom is -0.481 e. The molecule has 23 heavy (non-hydrogen) atoms. The Bertz CT molecular complexity index is 705. The Morgan fingerprint density at radius 3 is 2.22 bits per heavy atom. The van der Waals surface area contributed by atoms with Gasteiger partial charge in [0.15, 0.2) is 0 Å². The molecule has 1 heterocycles. The average Bonchev–Trinajstić information content (AvgIpc) is 3.02. The van der Waals surface area contributed by atoms with Crippen molar-refractivity contribution in [3.63, 3.8) is 0 Å². The van der Waals surface area contributed by atoms with Crippen molar-refractivity contribution < 1.29 is 29.0 Å². The number of amides is 1. The van der Waals surface area contributed by atoms with Gasteiger partial charge in [0.05, 0.1) is 6.42 Å². The van der Waals surface area contributed by atoms with Crippen LogP contribution < -0.4 is 0 Å². The van der Waals surface area contributed by atoms with E-state index in [-0.39, 0.29) is 31.8 Å². The average molecular weight is 321 g/mol. The first-order valence-electron chi connectivity index (χ1n) is 7.21. The lowest BCUT2D eigenvalue weighted by Gasteiger charge is -2.20. The van der Waals surface area contributed by atoms with Crippen LogP contribution in [-0.4, -0.2) is 46.0 Å². The molecule has 0 aromatic heterocycles. The highest BCUT2D eigenvalue weighted by Gasteiger charge is 2.81. The number of carbonyl (C=O) groups is 3. The van der Waals surface area contributed by atoms with Crippen LogP contribution in [0.4, 0.5) is 4.39 Å². The van der Waals surface area contributed by atoms with E-state index in [2.05, 4.69) is 0 Å². The minimum absolute atomic E-state index is 0.0492. The summed E-state index contributed by atoms with van der Waals surface area (Å²) in [6, 6.07) is 4.47. The fraction of sp³-hybridized carbons (Fsp3) is 0.438. The van der Waals surface area contributed by atoms with Crippen LogP contribution in [0.15, 0.2) is 18.2 Å². The molecular formula is C16H16FNO5. The highest BCUT2D eigenvalue weighted by atomic mass is 19.1. The van der Waals surface area contributed by atoms with Crippen LogP contribution in [0.5, 0.6) is 0 Å². The summed E-state index contributed by atoms with van der Waals surface area (Å²) in [4.78, 5) is 36.5. The maximum atomic E-state index is 13.5. The Balaban J connectivity index is 1.76. The molecule has 1 amide bonds. The van der Waals surface area contributed by atoms with Gasteiger partial charge in [-0.05, 0) is 30.5 Å². The first-order valence-corrected chi connectivity index (χ1v) is 7.21. The molecule has 1 aliphatic carbocycles. The van der Waals surface area contributed by atoms with Crippen LogP contribution in [0.25, 0.3) is 0 Å². The number of fused-ring (bicyclic) bond motifs is 1. The number of aryl methyl sites for hydroxylation is 1. The fourth-order valence-electron chi connectivity index (χ4n) is 3.50. The van der Waals surface area contributed by atoms with E-state index in [4.69, 9.17) is 0 Å². The number of nitrogens with zero attached hydrogens (tertiary/aromatic N) is 1. The van der Waals surface area contributed by atoms with E-state index in [0.717, 1.165) is 0 Å². The molecule has 122 valence electrons. The van der Waals surface area contributed by atoms with Crippen LogP contribution in [0.1, 0.15) is 17.5 Å². The van der Waals surface area contributed by atoms with Crippen molar-refractivity contribution in [2.75, 3.05) is 13.1 Å². The number of aliphatic carboxylic acids is 2. The Morgan fingerprint density at radius 1 is 1.17 bits per heavy atom. The normalized spacial score (nSPS) is 28.3. The number of halogens is 1. The van der Waals surface area contributed by atoms with Crippen molar-refractivity contribution in [3.8, 4) is 0 Å².